The summed E-state index contributed by atoms with van der Waals surface area (Å²) in [5.41, 5.74) is 0.665. The van der Waals surface area contributed by atoms with E-state index in [0.717, 1.165) is 19.5 Å². The highest BCUT2D eigenvalue weighted by molar-refractivity contribution is 5.93. The van der Waals surface area contributed by atoms with Crippen molar-refractivity contribution in [2.45, 2.75) is 31.3 Å². The Morgan fingerprint density at radius 1 is 1.35 bits per heavy atom. The van der Waals surface area contributed by atoms with Gasteiger partial charge in [-0.3, -0.25) is 4.79 Å². The molecule has 1 N–H and O–H groups in total. The smallest absolute Gasteiger partial charge is 0.257 e. The van der Waals surface area contributed by atoms with Gasteiger partial charge in [0.25, 0.3) is 5.91 Å². The van der Waals surface area contributed by atoms with Gasteiger partial charge in [-0.2, -0.15) is 0 Å². The van der Waals surface area contributed by atoms with E-state index in [1.807, 2.05) is 4.90 Å². The van der Waals surface area contributed by atoms with Crippen LogP contribution in [0.5, 0.6) is 0 Å². The van der Waals surface area contributed by atoms with E-state index in [-0.39, 0.29) is 18.3 Å². The summed E-state index contributed by atoms with van der Waals surface area (Å²) in [7, 11) is 0. The van der Waals surface area contributed by atoms with Crippen LogP contribution in [0.25, 0.3) is 0 Å². The van der Waals surface area contributed by atoms with Crippen LogP contribution in [0.2, 0.25) is 0 Å². The molecule has 2 aliphatic heterocycles. The number of likely N-dealkylation sites (tertiary alicyclic amines) is 1. The molecule has 94 valence electrons. The van der Waals surface area contributed by atoms with E-state index in [1.165, 1.54) is 19.1 Å². The minimum Gasteiger partial charge on any atom is -0.472 e. The number of nitrogens with one attached hydrogen (secondary N) is 1. The quantitative estimate of drug-likeness (QED) is 0.831. The van der Waals surface area contributed by atoms with Gasteiger partial charge in [-0.05, 0) is 25.3 Å². The van der Waals surface area contributed by atoms with E-state index in [9.17, 15) is 4.79 Å². The van der Waals surface area contributed by atoms with E-state index < -0.39 is 0 Å². The first-order chi connectivity index (χ1) is 7.83. The lowest BCUT2D eigenvalue weighted by Crippen LogP contribution is -2.38. The fourth-order valence-corrected chi connectivity index (χ4v) is 2.70. The van der Waals surface area contributed by atoms with Crippen molar-refractivity contribution in [2.75, 3.05) is 13.1 Å². The summed E-state index contributed by atoms with van der Waals surface area (Å²) >= 11 is 0. The highest BCUT2D eigenvalue weighted by atomic mass is 35.5. The predicted molar refractivity (Wildman–Crippen MR) is 66.4 cm³/mol. The van der Waals surface area contributed by atoms with Gasteiger partial charge in [0.2, 0.25) is 0 Å². The lowest BCUT2D eigenvalue weighted by Gasteiger charge is -2.23. The minimum absolute atomic E-state index is 0. The number of hydrogen-bond acceptors (Lipinski definition) is 3. The fourth-order valence-electron chi connectivity index (χ4n) is 2.70. The number of halogens is 1. The highest BCUT2D eigenvalue weighted by Crippen LogP contribution is 2.21. The van der Waals surface area contributed by atoms with Crippen molar-refractivity contribution < 1.29 is 9.21 Å². The summed E-state index contributed by atoms with van der Waals surface area (Å²) < 4.78 is 4.96. The zero-order valence-electron chi connectivity index (χ0n) is 9.59. The molecule has 2 atom stereocenters. The molecule has 2 saturated heterocycles. The van der Waals surface area contributed by atoms with Gasteiger partial charge in [0, 0.05) is 25.2 Å². The molecule has 0 aromatic carbocycles. The van der Waals surface area contributed by atoms with Gasteiger partial charge in [0.1, 0.15) is 6.26 Å². The first-order valence-electron chi connectivity index (χ1n) is 5.90. The first kappa shape index (κ1) is 12.5. The van der Waals surface area contributed by atoms with Gasteiger partial charge in [0.05, 0.1) is 11.8 Å². The van der Waals surface area contributed by atoms with Crippen LogP contribution in [0.3, 0.4) is 0 Å². The molecule has 0 saturated carbocycles. The molecule has 1 amide bonds. The number of hydrogen-bond donors (Lipinski definition) is 1. The molecular formula is C12H17ClN2O2. The molecule has 3 rings (SSSR count). The average molecular weight is 257 g/mol. The second kappa shape index (κ2) is 5.10. The maximum atomic E-state index is 12.1. The topological polar surface area (TPSA) is 45.5 Å². The van der Waals surface area contributed by atoms with Gasteiger partial charge < -0.3 is 14.6 Å². The molecule has 1 aromatic rings. The standard InChI is InChI=1S/C12H16N2O2.ClH/c15-12(9-4-6-16-8-9)14-5-3-10-1-2-11(7-14)13-10;/h4,6,8,10-11,13H,1-3,5,7H2;1H. The van der Waals surface area contributed by atoms with Crippen molar-refractivity contribution in [1.29, 1.82) is 0 Å². The first-order valence-corrected chi connectivity index (χ1v) is 5.90. The largest absolute Gasteiger partial charge is 0.472 e. The number of amides is 1. The van der Waals surface area contributed by atoms with Crippen molar-refractivity contribution in [3.05, 3.63) is 24.2 Å². The van der Waals surface area contributed by atoms with Crippen LogP contribution in [0, 0.1) is 0 Å². The molecule has 0 spiro atoms. The molecule has 3 heterocycles. The molecule has 4 nitrogen and oxygen atoms in total. The summed E-state index contributed by atoms with van der Waals surface area (Å²) in [5.74, 6) is 0.100. The molecular weight excluding hydrogens is 240 g/mol. The van der Waals surface area contributed by atoms with E-state index in [4.69, 9.17) is 4.42 Å². The van der Waals surface area contributed by atoms with Crippen LogP contribution in [0.4, 0.5) is 0 Å². The third-order valence-electron chi connectivity index (χ3n) is 3.58. The Balaban J connectivity index is 0.00000108. The van der Waals surface area contributed by atoms with E-state index in [1.54, 1.807) is 12.3 Å². The number of carbonyl (C=O) groups excluding carboxylic acids is 1. The van der Waals surface area contributed by atoms with E-state index >= 15 is 0 Å². The molecule has 0 aliphatic carbocycles. The summed E-state index contributed by atoms with van der Waals surface area (Å²) in [6.07, 6.45) is 6.60. The Morgan fingerprint density at radius 3 is 2.94 bits per heavy atom. The Labute approximate surface area is 107 Å². The SMILES string of the molecule is Cl.O=C(c1ccoc1)N1CCC2CCC(C1)N2. The number of carbonyl (C=O) groups is 1. The molecule has 5 heteroatoms. The van der Waals surface area contributed by atoms with Crippen LogP contribution < -0.4 is 5.32 Å². The van der Waals surface area contributed by atoms with E-state index in [0.29, 0.717) is 17.6 Å². The zero-order valence-corrected chi connectivity index (χ0v) is 10.4. The van der Waals surface area contributed by atoms with Crippen molar-refractivity contribution in [2.24, 2.45) is 0 Å². The van der Waals surface area contributed by atoms with Crippen molar-refractivity contribution >= 4 is 18.3 Å². The Kier molecular flexibility index (Phi) is 3.74. The lowest BCUT2D eigenvalue weighted by molar-refractivity contribution is 0.0747. The molecule has 2 fully saturated rings. The second-order valence-corrected chi connectivity index (χ2v) is 4.69. The van der Waals surface area contributed by atoms with Gasteiger partial charge in [-0.15, -0.1) is 12.4 Å². The van der Waals surface area contributed by atoms with Gasteiger partial charge >= 0.3 is 0 Å². The second-order valence-electron chi connectivity index (χ2n) is 4.69. The Morgan fingerprint density at radius 2 is 2.18 bits per heavy atom. The number of rotatable bonds is 1. The Hall–Kier alpha value is -1.00. The normalized spacial score (nSPS) is 27.4. The van der Waals surface area contributed by atoms with Crippen LogP contribution >= 0.6 is 12.4 Å². The molecule has 2 bridgehead atoms. The van der Waals surface area contributed by atoms with Crippen molar-refractivity contribution in [3.8, 4) is 0 Å². The van der Waals surface area contributed by atoms with Gasteiger partial charge in [-0.25, -0.2) is 0 Å². The zero-order chi connectivity index (χ0) is 11.0. The number of nitrogens with zero attached hydrogens (tertiary/aromatic N) is 1. The van der Waals surface area contributed by atoms with Crippen LogP contribution in [0.15, 0.2) is 23.0 Å². The molecule has 1 aromatic heterocycles. The Bertz CT molecular complexity index is 380. The summed E-state index contributed by atoms with van der Waals surface area (Å²) in [6.45, 7) is 1.69. The maximum Gasteiger partial charge on any atom is 0.257 e. The number of fused-ring (bicyclic) bond motifs is 2. The number of furan rings is 1. The minimum atomic E-state index is 0. The van der Waals surface area contributed by atoms with Gasteiger partial charge in [-0.1, -0.05) is 0 Å². The van der Waals surface area contributed by atoms with Crippen LogP contribution in [-0.4, -0.2) is 36.0 Å². The predicted octanol–water partition coefficient (Wildman–Crippen LogP) is 1.67. The fraction of sp³-hybridized carbons (Fsp3) is 0.583. The molecule has 0 radical (unpaired) electrons. The molecule has 2 unspecified atom stereocenters. The van der Waals surface area contributed by atoms with Crippen LogP contribution in [-0.2, 0) is 0 Å². The molecule has 2 aliphatic rings. The van der Waals surface area contributed by atoms with Gasteiger partial charge in [0.15, 0.2) is 0 Å². The van der Waals surface area contributed by atoms with Crippen LogP contribution in [0.1, 0.15) is 29.6 Å². The third kappa shape index (κ3) is 2.48. The lowest BCUT2D eigenvalue weighted by atomic mass is 10.1. The summed E-state index contributed by atoms with van der Waals surface area (Å²) in [4.78, 5) is 14.1. The monoisotopic (exact) mass is 256 g/mol. The van der Waals surface area contributed by atoms with E-state index in [2.05, 4.69) is 5.32 Å². The third-order valence-corrected chi connectivity index (χ3v) is 3.58. The van der Waals surface area contributed by atoms with Crippen molar-refractivity contribution in [3.63, 3.8) is 0 Å². The average Bonchev–Trinajstić information content (AvgIpc) is 2.87. The maximum absolute atomic E-state index is 12.1. The summed E-state index contributed by atoms with van der Waals surface area (Å²) in [6, 6.07) is 2.84. The molecule has 17 heavy (non-hydrogen) atoms. The summed E-state index contributed by atoms with van der Waals surface area (Å²) in [5, 5.41) is 3.57. The highest BCUT2D eigenvalue weighted by Gasteiger charge is 2.31. The van der Waals surface area contributed by atoms with Crippen molar-refractivity contribution in [1.82, 2.24) is 10.2 Å².